The number of amides is 1. The van der Waals surface area contributed by atoms with E-state index in [4.69, 9.17) is 14.0 Å². The Morgan fingerprint density at radius 1 is 1.21 bits per heavy atom. The molecule has 7 heteroatoms. The van der Waals surface area contributed by atoms with Gasteiger partial charge in [-0.25, -0.2) is 0 Å². The number of carbonyl (C=O) groups is 1. The minimum atomic E-state index is 0.0189. The summed E-state index contributed by atoms with van der Waals surface area (Å²) >= 11 is 0. The second-order valence-corrected chi connectivity index (χ2v) is 7.13. The maximum Gasteiger partial charge on any atom is 0.246 e. The molecule has 1 fully saturated rings. The molecule has 0 saturated carbocycles. The molecule has 29 heavy (non-hydrogen) atoms. The van der Waals surface area contributed by atoms with Gasteiger partial charge in [0.15, 0.2) is 17.3 Å². The molecule has 2 heterocycles. The van der Waals surface area contributed by atoms with Gasteiger partial charge < -0.3 is 18.9 Å². The van der Waals surface area contributed by atoms with E-state index in [-0.39, 0.29) is 5.91 Å². The van der Waals surface area contributed by atoms with Crippen LogP contribution in [-0.4, -0.2) is 60.8 Å². The number of rotatable bonds is 8. The maximum atomic E-state index is 12.5. The molecule has 1 amide bonds. The van der Waals surface area contributed by atoms with Crippen LogP contribution in [0, 0.1) is 6.92 Å². The third-order valence-electron chi connectivity index (χ3n) is 4.81. The summed E-state index contributed by atoms with van der Waals surface area (Å²) in [6.07, 6.45) is 4.37. The largest absolute Gasteiger partial charge is 0.493 e. The summed E-state index contributed by atoms with van der Waals surface area (Å²) in [5.41, 5.74) is 1.79. The molecule has 3 rings (SSSR count). The molecule has 1 aromatic carbocycles. The van der Waals surface area contributed by atoms with Crippen LogP contribution in [0.2, 0.25) is 0 Å². The van der Waals surface area contributed by atoms with Crippen LogP contribution in [0.4, 0.5) is 0 Å². The molecule has 7 nitrogen and oxygen atoms in total. The first kappa shape index (κ1) is 20.9. The zero-order valence-electron chi connectivity index (χ0n) is 17.4. The zero-order chi connectivity index (χ0) is 20.6. The summed E-state index contributed by atoms with van der Waals surface area (Å²) < 4.78 is 16.3. The van der Waals surface area contributed by atoms with Crippen LogP contribution in [0.25, 0.3) is 6.08 Å². The van der Waals surface area contributed by atoms with E-state index >= 15 is 0 Å². The highest BCUT2D eigenvalue weighted by Gasteiger charge is 2.20. The minimum absolute atomic E-state index is 0.0189. The number of aryl methyl sites for hydroxylation is 1. The fourth-order valence-corrected chi connectivity index (χ4v) is 3.23. The Morgan fingerprint density at radius 3 is 2.66 bits per heavy atom. The molecule has 0 N–H and O–H groups in total. The van der Waals surface area contributed by atoms with Crippen LogP contribution in [0.3, 0.4) is 0 Å². The van der Waals surface area contributed by atoms with Gasteiger partial charge in [-0.05, 0) is 37.1 Å². The van der Waals surface area contributed by atoms with E-state index < -0.39 is 0 Å². The topological polar surface area (TPSA) is 68.0 Å². The number of hydrogen-bond donors (Lipinski definition) is 0. The SMILES string of the molecule is CCCOc1ccc(/C=C/C(=O)N2CCN(Cc3cc(C)no3)CC2)cc1OC. The lowest BCUT2D eigenvalue weighted by atomic mass is 10.2. The second kappa shape index (κ2) is 10.1. The normalized spacial score (nSPS) is 15.1. The highest BCUT2D eigenvalue weighted by Crippen LogP contribution is 2.28. The molecule has 0 bridgehead atoms. The predicted octanol–water partition coefficient (Wildman–Crippen LogP) is 3.14. The van der Waals surface area contributed by atoms with Gasteiger partial charge in [0.1, 0.15) is 0 Å². The highest BCUT2D eigenvalue weighted by molar-refractivity contribution is 5.92. The van der Waals surface area contributed by atoms with Gasteiger partial charge in [0, 0.05) is 38.3 Å². The molecule has 0 unspecified atom stereocenters. The van der Waals surface area contributed by atoms with Gasteiger partial charge in [0.05, 0.1) is 26.0 Å². The van der Waals surface area contributed by atoms with Crippen molar-refractivity contribution in [2.24, 2.45) is 0 Å². The lowest BCUT2D eigenvalue weighted by molar-refractivity contribution is -0.127. The van der Waals surface area contributed by atoms with Crippen LogP contribution in [-0.2, 0) is 11.3 Å². The number of ether oxygens (including phenoxy) is 2. The summed E-state index contributed by atoms with van der Waals surface area (Å²) in [7, 11) is 1.62. The first-order chi connectivity index (χ1) is 14.1. The average Bonchev–Trinajstić information content (AvgIpc) is 3.15. The molecule has 1 saturated heterocycles. The number of benzene rings is 1. The number of carbonyl (C=O) groups excluding carboxylic acids is 1. The molecule has 1 aromatic heterocycles. The van der Waals surface area contributed by atoms with Gasteiger partial charge >= 0.3 is 0 Å². The maximum absolute atomic E-state index is 12.5. The lowest BCUT2D eigenvalue weighted by Crippen LogP contribution is -2.47. The van der Waals surface area contributed by atoms with E-state index in [9.17, 15) is 4.79 Å². The van der Waals surface area contributed by atoms with Gasteiger partial charge in [0.25, 0.3) is 0 Å². The van der Waals surface area contributed by atoms with Crippen LogP contribution < -0.4 is 9.47 Å². The average molecular weight is 399 g/mol. The van der Waals surface area contributed by atoms with E-state index in [1.807, 2.05) is 42.2 Å². The van der Waals surface area contributed by atoms with Gasteiger partial charge in [-0.15, -0.1) is 0 Å². The molecule has 0 spiro atoms. The minimum Gasteiger partial charge on any atom is -0.493 e. The Hall–Kier alpha value is -2.80. The molecule has 156 valence electrons. The fourth-order valence-electron chi connectivity index (χ4n) is 3.23. The van der Waals surface area contributed by atoms with Gasteiger partial charge in [-0.1, -0.05) is 18.1 Å². The molecule has 1 aliphatic rings. The van der Waals surface area contributed by atoms with Crippen molar-refractivity contribution in [1.82, 2.24) is 15.0 Å². The molecule has 0 radical (unpaired) electrons. The van der Waals surface area contributed by atoms with E-state index in [1.165, 1.54) is 0 Å². The third kappa shape index (κ3) is 5.84. The van der Waals surface area contributed by atoms with E-state index in [2.05, 4.69) is 17.0 Å². The molecule has 1 aliphatic heterocycles. The van der Waals surface area contributed by atoms with Crippen molar-refractivity contribution in [3.05, 3.63) is 47.4 Å². The third-order valence-corrected chi connectivity index (χ3v) is 4.81. The van der Waals surface area contributed by atoms with Crippen molar-refractivity contribution in [2.45, 2.75) is 26.8 Å². The number of methoxy groups -OCH3 is 1. The zero-order valence-corrected chi connectivity index (χ0v) is 17.4. The summed E-state index contributed by atoms with van der Waals surface area (Å²) in [5, 5.41) is 3.92. The van der Waals surface area contributed by atoms with E-state index in [0.29, 0.717) is 25.4 Å². The Bertz CT molecular complexity index is 838. The summed E-state index contributed by atoms with van der Waals surface area (Å²) in [6, 6.07) is 7.64. The Morgan fingerprint density at radius 2 is 2.00 bits per heavy atom. The van der Waals surface area contributed by atoms with Crippen molar-refractivity contribution in [3.8, 4) is 11.5 Å². The molecular formula is C22H29N3O4. The Labute approximate surface area is 171 Å². The monoisotopic (exact) mass is 399 g/mol. The van der Waals surface area contributed by atoms with Crippen molar-refractivity contribution in [2.75, 3.05) is 39.9 Å². The van der Waals surface area contributed by atoms with Gasteiger partial charge in [0.2, 0.25) is 5.91 Å². The molecular weight excluding hydrogens is 370 g/mol. The summed E-state index contributed by atoms with van der Waals surface area (Å²) in [6.45, 7) is 8.37. The molecule has 0 atom stereocenters. The standard InChI is InChI=1S/C22H29N3O4/c1-4-13-28-20-7-5-18(15-21(20)27-3)6-8-22(26)25-11-9-24(10-12-25)16-19-14-17(2)23-29-19/h5-8,14-15H,4,9-13,16H2,1-3H3/b8-6+. The van der Waals surface area contributed by atoms with Crippen LogP contribution >= 0.6 is 0 Å². The second-order valence-electron chi connectivity index (χ2n) is 7.13. The summed E-state index contributed by atoms with van der Waals surface area (Å²) in [5.74, 6) is 2.27. The summed E-state index contributed by atoms with van der Waals surface area (Å²) in [4.78, 5) is 16.7. The highest BCUT2D eigenvalue weighted by atomic mass is 16.5. The van der Waals surface area contributed by atoms with Crippen molar-refractivity contribution >= 4 is 12.0 Å². The number of piperazine rings is 1. The van der Waals surface area contributed by atoms with Gasteiger partial charge in [-0.2, -0.15) is 0 Å². The predicted molar refractivity (Wildman–Crippen MR) is 111 cm³/mol. The Balaban J connectivity index is 1.52. The fraction of sp³-hybridized carbons (Fsp3) is 0.455. The number of nitrogens with zero attached hydrogens (tertiary/aromatic N) is 3. The van der Waals surface area contributed by atoms with E-state index in [0.717, 1.165) is 48.8 Å². The first-order valence-corrected chi connectivity index (χ1v) is 10.0. The first-order valence-electron chi connectivity index (χ1n) is 10.0. The van der Waals surface area contributed by atoms with Crippen molar-refractivity contribution in [1.29, 1.82) is 0 Å². The van der Waals surface area contributed by atoms with Crippen LogP contribution in [0.1, 0.15) is 30.4 Å². The van der Waals surface area contributed by atoms with Crippen LogP contribution in [0.15, 0.2) is 34.9 Å². The van der Waals surface area contributed by atoms with E-state index in [1.54, 1.807) is 13.2 Å². The van der Waals surface area contributed by atoms with Gasteiger partial charge in [-0.3, -0.25) is 9.69 Å². The molecule has 0 aliphatic carbocycles. The quantitative estimate of drug-likeness (QED) is 0.636. The van der Waals surface area contributed by atoms with Crippen molar-refractivity contribution in [3.63, 3.8) is 0 Å². The smallest absolute Gasteiger partial charge is 0.246 e. The molecule has 2 aromatic rings. The Kier molecular flexibility index (Phi) is 7.30. The van der Waals surface area contributed by atoms with Crippen molar-refractivity contribution < 1.29 is 18.8 Å². The number of aromatic nitrogens is 1. The lowest BCUT2D eigenvalue weighted by Gasteiger charge is -2.33. The van der Waals surface area contributed by atoms with Crippen LogP contribution in [0.5, 0.6) is 11.5 Å². The number of hydrogen-bond acceptors (Lipinski definition) is 6.